The first kappa shape index (κ1) is 22.0. The van der Waals surface area contributed by atoms with E-state index >= 15 is 0 Å². The molecule has 1 aliphatic carbocycles. The third kappa shape index (κ3) is 6.96. The number of amides is 1. The first-order chi connectivity index (χ1) is 14.0. The largest absolute Gasteiger partial charge is 0.494 e. The molecule has 1 amide bonds. The lowest BCUT2D eigenvalue weighted by atomic mass is 9.87. The summed E-state index contributed by atoms with van der Waals surface area (Å²) in [6, 6.07) is 13.3. The zero-order valence-corrected chi connectivity index (χ0v) is 19.6. The minimum absolute atomic E-state index is 0.219. The molecule has 2 N–H and O–H groups in total. The Labute approximate surface area is 191 Å². The van der Waals surface area contributed by atoms with Crippen LogP contribution in [0.15, 0.2) is 42.5 Å². The molecule has 0 unspecified atom stereocenters. The van der Waals surface area contributed by atoms with Crippen molar-refractivity contribution in [1.29, 1.82) is 0 Å². The molecule has 3 rings (SSSR count). The van der Waals surface area contributed by atoms with Crippen molar-refractivity contribution in [2.24, 2.45) is 5.92 Å². The lowest BCUT2D eigenvalue weighted by molar-refractivity contribution is 0.0977. The quantitative estimate of drug-likeness (QED) is 0.357. The van der Waals surface area contributed by atoms with Crippen molar-refractivity contribution in [3.8, 4) is 5.75 Å². The van der Waals surface area contributed by atoms with Crippen LogP contribution in [0.1, 0.15) is 54.4 Å². The smallest absolute Gasteiger partial charge is 0.257 e. The Morgan fingerprint density at radius 1 is 1.14 bits per heavy atom. The van der Waals surface area contributed by atoms with E-state index in [9.17, 15) is 4.79 Å². The number of carbonyl (C=O) groups is 1. The molecule has 0 spiro atoms. The molecular formula is C23H27IN2O2S. The molecule has 0 atom stereocenters. The van der Waals surface area contributed by atoms with Gasteiger partial charge in [-0.2, -0.15) is 0 Å². The third-order valence-electron chi connectivity index (χ3n) is 5.29. The summed E-state index contributed by atoms with van der Waals surface area (Å²) in [5, 5.41) is 6.04. The highest BCUT2D eigenvalue weighted by molar-refractivity contribution is 14.1. The minimum Gasteiger partial charge on any atom is -0.494 e. The van der Waals surface area contributed by atoms with E-state index in [1.165, 1.54) is 32.1 Å². The predicted molar refractivity (Wildman–Crippen MR) is 131 cm³/mol. The first-order valence-corrected chi connectivity index (χ1v) is 11.6. The van der Waals surface area contributed by atoms with Gasteiger partial charge in [-0.15, -0.1) is 0 Å². The van der Waals surface area contributed by atoms with Gasteiger partial charge in [0, 0.05) is 14.8 Å². The number of thiocarbonyl (C=S) groups is 1. The Morgan fingerprint density at radius 3 is 2.55 bits per heavy atom. The zero-order valence-electron chi connectivity index (χ0n) is 16.7. The second-order valence-corrected chi connectivity index (χ2v) is 9.11. The molecule has 0 bridgehead atoms. The summed E-state index contributed by atoms with van der Waals surface area (Å²) >= 11 is 7.49. The van der Waals surface area contributed by atoms with E-state index in [-0.39, 0.29) is 11.0 Å². The molecule has 1 fully saturated rings. The average molecular weight is 522 g/mol. The van der Waals surface area contributed by atoms with Crippen LogP contribution in [-0.2, 0) is 0 Å². The summed E-state index contributed by atoms with van der Waals surface area (Å²) in [6.45, 7) is 2.78. The highest BCUT2D eigenvalue weighted by Gasteiger charge is 2.13. The summed E-state index contributed by atoms with van der Waals surface area (Å²) in [4.78, 5) is 12.3. The Hall–Kier alpha value is -1.67. The summed E-state index contributed by atoms with van der Waals surface area (Å²) in [6.07, 6.45) is 7.94. The van der Waals surface area contributed by atoms with E-state index in [0.29, 0.717) is 5.56 Å². The fraction of sp³-hybridized carbons (Fsp3) is 0.391. The second kappa shape index (κ2) is 10.9. The number of hydrogen-bond acceptors (Lipinski definition) is 3. The molecule has 0 saturated heterocycles. The first-order valence-electron chi connectivity index (χ1n) is 10.1. The lowest BCUT2D eigenvalue weighted by Gasteiger charge is -2.21. The molecule has 1 saturated carbocycles. The van der Waals surface area contributed by atoms with Crippen molar-refractivity contribution in [3.05, 3.63) is 57.2 Å². The van der Waals surface area contributed by atoms with E-state index in [2.05, 4.69) is 33.2 Å². The van der Waals surface area contributed by atoms with Crippen molar-refractivity contribution < 1.29 is 9.53 Å². The Bertz CT molecular complexity index is 848. The van der Waals surface area contributed by atoms with Gasteiger partial charge in [0.1, 0.15) is 5.75 Å². The number of aryl methyl sites for hydroxylation is 1. The van der Waals surface area contributed by atoms with Gasteiger partial charge in [0.15, 0.2) is 5.11 Å². The fourth-order valence-corrected chi connectivity index (χ4v) is 4.25. The maximum Gasteiger partial charge on any atom is 0.257 e. The Balaban J connectivity index is 1.44. The number of ether oxygens (including phenoxy) is 1. The van der Waals surface area contributed by atoms with Gasteiger partial charge in [-0.1, -0.05) is 38.2 Å². The van der Waals surface area contributed by atoms with Crippen LogP contribution >= 0.6 is 34.8 Å². The number of halogens is 1. The monoisotopic (exact) mass is 522 g/mol. The maximum absolute atomic E-state index is 12.3. The molecule has 29 heavy (non-hydrogen) atoms. The van der Waals surface area contributed by atoms with Crippen molar-refractivity contribution in [1.82, 2.24) is 5.32 Å². The van der Waals surface area contributed by atoms with Crippen molar-refractivity contribution in [3.63, 3.8) is 0 Å². The Kier molecular flexibility index (Phi) is 8.29. The van der Waals surface area contributed by atoms with Gasteiger partial charge >= 0.3 is 0 Å². The van der Waals surface area contributed by atoms with Crippen LogP contribution in [-0.4, -0.2) is 17.6 Å². The van der Waals surface area contributed by atoms with Crippen molar-refractivity contribution >= 4 is 51.5 Å². The van der Waals surface area contributed by atoms with Gasteiger partial charge in [-0.3, -0.25) is 10.1 Å². The average Bonchev–Trinajstić information content (AvgIpc) is 2.72. The van der Waals surface area contributed by atoms with Crippen LogP contribution in [0.25, 0.3) is 0 Å². The van der Waals surface area contributed by atoms with Crippen LogP contribution in [0.3, 0.4) is 0 Å². The van der Waals surface area contributed by atoms with E-state index in [1.807, 2.05) is 43.3 Å². The number of hydrogen-bond donors (Lipinski definition) is 2. The molecule has 4 nitrogen and oxygen atoms in total. The van der Waals surface area contributed by atoms with E-state index in [1.54, 1.807) is 6.07 Å². The standard InChI is InChI=1S/C23H27IN2O2S/c1-16-7-8-18(15-21(16)24)22(27)26-23(29)25-19-9-11-20(12-10-19)28-14-13-17-5-3-2-4-6-17/h7-12,15,17H,2-6,13-14H2,1H3,(H2,25,26,27,29). The van der Waals surface area contributed by atoms with Gasteiger partial charge in [-0.05, 0) is 96.0 Å². The topological polar surface area (TPSA) is 50.4 Å². The third-order valence-corrected chi connectivity index (χ3v) is 6.66. The van der Waals surface area contributed by atoms with E-state index in [0.717, 1.165) is 39.5 Å². The number of rotatable bonds is 6. The summed E-state index contributed by atoms with van der Waals surface area (Å²) in [7, 11) is 0. The van der Waals surface area contributed by atoms with Gasteiger partial charge in [0.05, 0.1) is 6.61 Å². The Morgan fingerprint density at radius 2 is 1.86 bits per heavy atom. The zero-order chi connectivity index (χ0) is 20.6. The van der Waals surface area contributed by atoms with E-state index in [4.69, 9.17) is 17.0 Å². The van der Waals surface area contributed by atoms with Crippen LogP contribution in [0.4, 0.5) is 5.69 Å². The molecule has 0 aromatic heterocycles. The van der Waals surface area contributed by atoms with Crippen LogP contribution in [0.5, 0.6) is 5.75 Å². The molecule has 0 radical (unpaired) electrons. The van der Waals surface area contributed by atoms with Gasteiger partial charge in [-0.25, -0.2) is 0 Å². The normalized spacial score (nSPS) is 14.3. The molecule has 2 aromatic rings. The molecule has 154 valence electrons. The SMILES string of the molecule is Cc1ccc(C(=O)NC(=S)Nc2ccc(OCCC3CCCCC3)cc2)cc1I. The lowest BCUT2D eigenvalue weighted by Crippen LogP contribution is -2.34. The maximum atomic E-state index is 12.3. The van der Waals surface area contributed by atoms with Gasteiger partial charge in [0.2, 0.25) is 0 Å². The molecule has 1 aliphatic rings. The van der Waals surface area contributed by atoms with Crippen molar-refractivity contribution in [2.75, 3.05) is 11.9 Å². The van der Waals surface area contributed by atoms with Gasteiger partial charge < -0.3 is 10.1 Å². The fourth-order valence-electron chi connectivity index (χ4n) is 3.53. The number of nitrogens with one attached hydrogen (secondary N) is 2. The van der Waals surface area contributed by atoms with E-state index < -0.39 is 0 Å². The number of benzene rings is 2. The van der Waals surface area contributed by atoms with Crippen molar-refractivity contribution in [2.45, 2.75) is 45.4 Å². The number of carbonyl (C=O) groups excluding carboxylic acids is 1. The molecule has 2 aromatic carbocycles. The minimum atomic E-state index is -0.219. The second-order valence-electron chi connectivity index (χ2n) is 7.54. The summed E-state index contributed by atoms with van der Waals surface area (Å²) in [5.74, 6) is 1.46. The summed E-state index contributed by atoms with van der Waals surface area (Å²) in [5.41, 5.74) is 2.54. The highest BCUT2D eigenvalue weighted by atomic mass is 127. The molecule has 0 heterocycles. The molecular weight excluding hydrogens is 495 g/mol. The van der Waals surface area contributed by atoms with Crippen LogP contribution < -0.4 is 15.4 Å². The van der Waals surface area contributed by atoms with Gasteiger partial charge in [0.25, 0.3) is 5.91 Å². The molecule has 0 aliphatic heterocycles. The highest BCUT2D eigenvalue weighted by Crippen LogP contribution is 2.26. The van der Waals surface area contributed by atoms with Crippen LogP contribution in [0.2, 0.25) is 0 Å². The summed E-state index contributed by atoms with van der Waals surface area (Å²) < 4.78 is 6.93. The number of anilines is 1. The predicted octanol–water partition coefficient (Wildman–Crippen LogP) is 6.08. The van der Waals surface area contributed by atoms with Crippen LogP contribution in [0, 0.1) is 16.4 Å². The molecule has 6 heteroatoms.